The number of amides is 1. The van der Waals surface area contributed by atoms with Gasteiger partial charge in [-0.25, -0.2) is 0 Å². The van der Waals surface area contributed by atoms with E-state index in [1.165, 1.54) is 0 Å². The molecule has 0 heterocycles. The molecule has 4 nitrogen and oxygen atoms in total. The first-order valence-corrected chi connectivity index (χ1v) is 7.60. The number of methoxy groups -OCH3 is 1. The molecule has 1 saturated carbocycles. The van der Waals surface area contributed by atoms with Crippen molar-refractivity contribution in [2.75, 3.05) is 13.7 Å². The zero-order valence-corrected chi connectivity index (χ0v) is 13.1. The first-order chi connectivity index (χ1) is 10.0. The van der Waals surface area contributed by atoms with Gasteiger partial charge >= 0.3 is 0 Å². The van der Waals surface area contributed by atoms with Crippen LogP contribution in [0.3, 0.4) is 0 Å². The van der Waals surface area contributed by atoms with Crippen molar-refractivity contribution in [3.05, 3.63) is 29.8 Å². The van der Waals surface area contributed by atoms with Crippen LogP contribution in [0.5, 0.6) is 5.75 Å². The second kappa shape index (κ2) is 6.48. The van der Waals surface area contributed by atoms with Crippen LogP contribution in [0.4, 0.5) is 0 Å². The van der Waals surface area contributed by atoms with Gasteiger partial charge in [-0.1, -0.05) is 25.1 Å². The molecule has 1 fully saturated rings. The fourth-order valence-electron chi connectivity index (χ4n) is 2.77. The fourth-order valence-corrected chi connectivity index (χ4v) is 2.77. The van der Waals surface area contributed by atoms with Crippen molar-refractivity contribution in [1.29, 1.82) is 0 Å². The highest BCUT2D eigenvalue weighted by atomic mass is 16.5. The number of para-hydroxylation sites is 1. The minimum atomic E-state index is -0.320. The molecule has 0 aromatic heterocycles. The summed E-state index contributed by atoms with van der Waals surface area (Å²) in [6, 6.07) is 7.89. The SMILES string of the molecule is CCC(C)(CCO)NC(=O)C1CC1c1ccccc1OC. The summed E-state index contributed by atoms with van der Waals surface area (Å²) >= 11 is 0. The van der Waals surface area contributed by atoms with Crippen LogP contribution in [0.1, 0.15) is 44.6 Å². The number of hydrogen-bond acceptors (Lipinski definition) is 3. The van der Waals surface area contributed by atoms with E-state index in [1.54, 1.807) is 7.11 Å². The Labute approximate surface area is 126 Å². The Kier molecular flexibility index (Phi) is 4.88. The molecule has 3 unspecified atom stereocenters. The zero-order valence-electron chi connectivity index (χ0n) is 13.1. The van der Waals surface area contributed by atoms with Crippen LogP contribution in [-0.4, -0.2) is 30.3 Å². The summed E-state index contributed by atoms with van der Waals surface area (Å²) in [6.07, 6.45) is 2.26. The molecule has 2 N–H and O–H groups in total. The number of carbonyl (C=O) groups excluding carboxylic acids is 1. The summed E-state index contributed by atoms with van der Waals surface area (Å²) in [5, 5.41) is 12.2. The van der Waals surface area contributed by atoms with Crippen molar-refractivity contribution in [3.8, 4) is 5.75 Å². The molecule has 0 aliphatic heterocycles. The lowest BCUT2D eigenvalue weighted by atomic mass is 9.94. The molecule has 2 rings (SSSR count). The number of aliphatic hydroxyl groups is 1. The smallest absolute Gasteiger partial charge is 0.224 e. The van der Waals surface area contributed by atoms with Gasteiger partial charge in [-0.3, -0.25) is 4.79 Å². The third kappa shape index (κ3) is 3.56. The summed E-state index contributed by atoms with van der Waals surface area (Å²) in [5.74, 6) is 1.21. The number of hydrogen-bond donors (Lipinski definition) is 2. The van der Waals surface area contributed by atoms with Gasteiger partial charge in [0.25, 0.3) is 0 Å². The van der Waals surface area contributed by atoms with Gasteiger partial charge in [-0.05, 0) is 43.7 Å². The maximum Gasteiger partial charge on any atom is 0.224 e. The quantitative estimate of drug-likeness (QED) is 0.811. The third-order valence-corrected chi connectivity index (χ3v) is 4.53. The molecule has 1 aliphatic carbocycles. The zero-order chi connectivity index (χ0) is 15.5. The first-order valence-electron chi connectivity index (χ1n) is 7.60. The maximum atomic E-state index is 12.4. The van der Waals surface area contributed by atoms with Crippen molar-refractivity contribution in [2.24, 2.45) is 5.92 Å². The Morgan fingerprint density at radius 1 is 1.48 bits per heavy atom. The molecule has 21 heavy (non-hydrogen) atoms. The second-order valence-electron chi connectivity index (χ2n) is 6.07. The standard InChI is InChI=1S/C17H25NO3/c1-4-17(2,9-10-19)18-16(20)14-11-13(14)12-7-5-6-8-15(12)21-3/h5-8,13-14,19H,4,9-11H2,1-3H3,(H,18,20). The molecule has 4 heteroatoms. The summed E-state index contributed by atoms with van der Waals surface area (Å²) in [4.78, 5) is 12.4. The predicted molar refractivity (Wildman–Crippen MR) is 82.4 cm³/mol. The van der Waals surface area contributed by atoms with Crippen LogP contribution < -0.4 is 10.1 Å². The van der Waals surface area contributed by atoms with Crippen molar-refractivity contribution >= 4 is 5.91 Å². The summed E-state index contributed by atoms with van der Waals surface area (Å²) < 4.78 is 5.37. The molecule has 1 aromatic rings. The van der Waals surface area contributed by atoms with Gasteiger partial charge < -0.3 is 15.2 Å². The third-order valence-electron chi connectivity index (χ3n) is 4.53. The normalized spacial score (nSPS) is 23.2. The Morgan fingerprint density at radius 2 is 2.19 bits per heavy atom. The highest BCUT2D eigenvalue weighted by molar-refractivity contribution is 5.83. The lowest BCUT2D eigenvalue weighted by Gasteiger charge is -2.29. The molecular weight excluding hydrogens is 266 g/mol. The van der Waals surface area contributed by atoms with E-state index >= 15 is 0 Å². The van der Waals surface area contributed by atoms with Crippen molar-refractivity contribution in [2.45, 2.75) is 44.6 Å². The predicted octanol–water partition coefficient (Wildman–Crippen LogP) is 2.47. The highest BCUT2D eigenvalue weighted by Crippen LogP contribution is 2.50. The molecule has 0 saturated heterocycles. The maximum absolute atomic E-state index is 12.4. The van der Waals surface area contributed by atoms with Crippen LogP contribution in [-0.2, 0) is 4.79 Å². The summed E-state index contributed by atoms with van der Waals surface area (Å²) in [7, 11) is 1.66. The number of aliphatic hydroxyl groups excluding tert-OH is 1. The van der Waals surface area contributed by atoms with Crippen molar-refractivity contribution < 1.29 is 14.6 Å². The average Bonchev–Trinajstić information content (AvgIpc) is 3.28. The lowest BCUT2D eigenvalue weighted by Crippen LogP contribution is -2.47. The minimum Gasteiger partial charge on any atom is -0.496 e. The Morgan fingerprint density at radius 3 is 2.81 bits per heavy atom. The van der Waals surface area contributed by atoms with E-state index in [4.69, 9.17) is 9.84 Å². The van der Waals surface area contributed by atoms with Crippen LogP contribution in [0, 0.1) is 5.92 Å². The lowest BCUT2D eigenvalue weighted by molar-refractivity contribution is -0.124. The van der Waals surface area contributed by atoms with Crippen LogP contribution >= 0.6 is 0 Å². The Bertz CT molecular complexity index is 503. The van der Waals surface area contributed by atoms with E-state index in [1.807, 2.05) is 38.1 Å². The molecule has 1 aromatic carbocycles. The van der Waals surface area contributed by atoms with Gasteiger partial charge in [0, 0.05) is 18.1 Å². The van der Waals surface area contributed by atoms with Crippen molar-refractivity contribution in [1.82, 2.24) is 5.32 Å². The second-order valence-corrected chi connectivity index (χ2v) is 6.07. The van der Waals surface area contributed by atoms with Gasteiger partial charge in [-0.2, -0.15) is 0 Å². The number of ether oxygens (including phenoxy) is 1. The van der Waals surface area contributed by atoms with E-state index in [2.05, 4.69) is 5.32 Å². The largest absolute Gasteiger partial charge is 0.496 e. The summed E-state index contributed by atoms with van der Waals surface area (Å²) in [5.41, 5.74) is 0.792. The van der Waals surface area contributed by atoms with Crippen LogP contribution in [0.25, 0.3) is 0 Å². The van der Waals surface area contributed by atoms with E-state index in [9.17, 15) is 4.79 Å². The minimum absolute atomic E-state index is 0.0193. The molecule has 116 valence electrons. The van der Waals surface area contributed by atoms with Crippen LogP contribution in [0.2, 0.25) is 0 Å². The molecule has 3 atom stereocenters. The topological polar surface area (TPSA) is 58.6 Å². The van der Waals surface area contributed by atoms with Gasteiger partial charge in [0.1, 0.15) is 5.75 Å². The number of carbonyl (C=O) groups is 1. The monoisotopic (exact) mass is 291 g/mol. The summed E-state index contributed by atoms with van der Waals surface area (Å²) in [6.45, 7) is 4.10. The van der Waals surface area contributed by atoms with E-state index < -0.39 is 0 Å². The number of rotatable bonds is 7. The van der Waals surface area contributed by atoms with Gasteiger partial charge in [0.2, 0.25) is 5.91 Å². The van der Waals surface area contributed by atoms with Gasteiger partial charge in [0.15, 0.2) is 0 Å². The fraction of sp³-hybridized carbons (Fsp3) is 0.588. The van der Waals surface area contributed by atoms with Crippen molar-refractivity contribution in [3.63, 3.8) is 0 Å². The van der Waals surface area contributed by atoms with Gasteiger partial charge in [0.05, 0.1) is 7.11 Å². The molecule has 1 aliphatic rings. The van der Waals surface area contributed by atoms with E-state index in [0.717, 1.165) is 24.2 Å². The van der Waals surface area contributed by atoms with Gasteiger partial charge in [-0.15, -0.1) is 0 Å². The molecule has 1 amide bonds. The Balaban J connectivity index is 2.01. The molecule has 0 radical (unpaired) electrons. The molecular formula is C17H25NO3. The highest BCUT2D eigenvalue weighted by Gasteiger charge is 2.46. The number of benzene rings is 1. The first kappa shape index (κ1) is 15.8. The van der Waals surface area contributed by atoms with E-state index in [0.29, 0.717) is 6.42 Å². The number of nitrogens with one attached hydrogen (secondary N) is 1. The van der Waals surface area contributed by atoms with E-state index in [-0.39, 0.29) is 29.9 Å². The molecule has 0 bridgehead atoms. The van der Waals surface area contributed by atoms with Crippen LogP contribution in [0.15, 0.2) is 24.3 Å². The Hall–Kier alpha value is -1.55. The average molecular weight is 291 g/mol. The molecule has 0 spiro atoms.